The summed E-state index contributed by atoms with van der Waals surface area (Å²) in [5, 5.41) is 2.49. The zero-order chi connectivity index (χ0) is 7.84. The van der Waals surface area contributed by atoms with Crippen LogP contribution in [0.3, 0.4) is 0 Å². The SMILES string of the molecule is O.O=C1NC(=S)N=C2N=CN=C12. The van der Waals surface area contributed by atoms with Crippen LogP contribution in [0.1, 0.15) is 0 Å². The lowest BCUT2D eigenvalue weighted by Crippen LogP contribution is -2.41. The van der Waals surface area contributed by atoms with Crippen molar-refractivity contribution < 1.29 is 10.3 Å². The molecule has 2 aliphatic rings. The Morgan fingerprint density at radius 3 is 3.00 bits per heavy atom. The van der Waals surface area contributed by atoms with Crippen LogP contribution >= 0.6 is 12.2 Å². The van der Waals surface area contributed by atoms with Crippen LogP contribution in [0.25, 0.3) is 0 Å². The maximum absolute atomic E-state index is 11.0. The van der Waals surface area contributed by atoms with Crippen molar-refractivity contribution in [2.24, 2.45) is 15.0 Å². The molecule has 0 fully saturated rings. The molecule has 6 nitrogen and oxygen atoms in total. The Labute approximate surface area is 72.4 Å². The van der Waals surface area contributed by atoms with E-state index >= 15 is 0 Å². The van der Waals surface area contributed by atoms with Crippen molar-refractivity contribution in [1.29, 1.82) is 0 Å². The topological polar surface area (TPSA) is 97.7 Å². The molecule has 0 unspecified atom stereocenters. The van der Waals surface area contributed by atoms with Crippen LogP contribution < -0.4 is 5.32 Å². The highest BCUT2D eigenvalue weighted by Crippen LogP contribution is 2.00. The fraction of sp³-hybridized carbons (Fsp3) is 0. The molecule has 3 N–H and O–H groups in total. The molecule has 0 aromatic carbocycles. The molecule has 1 amide bonds. The molecular formula is C5H4N4O2S. The first-order valence-corrected chi connectivity index (χ1v) is 3.23. The number of amidine groups is 1. The molecule has 62 valence electrons. The summed E-state index contributed by atoms with van der Waals surface area (Å²) in [5.41, 5.74) is 0.235. The third kappa shape index (κ3) is 1.15. The van der Waals surface area contributed by atoms with Crippen molar-refractivity contribution in [3.63, 3.8) is 0 Å². The van der Waals surface area contributed by atoms with E-state index in [1.165, 1.54) is 6.34 Å². The lowest BCUT2D eigenvalue weighted by molar-refractivity contribution is -0.113. The number of fused-ring (bicyclic) bond motifs is 1. The lowest BCUT2D eigenvalue weighted by Gasteiger charge is -2.07. The number of carbonyl (C=O) groups is 1. The van der Waals surface area contributed by atoms with Gasteiger partial charge in [-0.05, 0) is 12.2 Å². The van der Waals surface area contributed by atoms with E-state index in [9.17, 15) is 4.79 Å². The number of nitrogens with zero attached hydrogens (tertiary/aromatic N) is 3. The predicted octanol–water partition coefficient (Wildman–Crippen LogP) is -1.54. The number of hydrogen-bond acceptors (Lipinski definition) is 4. The predicted molar refractivity (Wildman–Crippen MR) is 47.7 cm³/mol. The number of rotatable bonds is 0. The average molecular weight is 184 g/mol. The molecule has 2 rings (SSSR count). The molecular weight excluding hydrogens is 180 g/mol. The normalized spacial score (nSPS) is 19.0. The van der Waals surface area contributed by atoms with E-state index in [0.717, 1.165) is 0 Å². The van der Waals surface area contributed by atoms with Crippen LogP contribution in [0.15, 0.2) is 15.0 Å². The van der Waals surface area contributed by atoms with Crippen LogP contribution in [0.2, 0.25) is 0 Å². The number of amides is 1. The maximum Gasteiger partial charge on any atom is 0.280 e. The molecule has 0 aliphatic carbocycles. The summed E-state index contributed by atoms with van der Waals surface area (Å²) in [5.74, 6) is -0.0312. The van der Waals surface area contributed by atoms with Crippen LogP contribution in [0.5, 0.6) is 0 Å². The molecule has 7 heteroatoms. The maximum atomic E-state index is 11.0. The Morgan fingerprint density at radius 1 is 1.50 bits per heavy atom. The van der Waals surface area contributed by atoms with E-state index in [4.69, 9.17) is 0 Å². The van der Waals surface area contributed by atoms with E-state index in [-0.39, 0.29) is 22.2 Å². The van der Waals surface area contributed by atoms with Crippen molar-refractivity contribution in [1.82, 2.24) is 5.32 Å². The lowest BCUT2D eigenvalue weighted by atomic mass is 10.3. The van der Waals surface area contributed by atoms with E-state index in [0.29, 0.717) is 5.84 Å². The number of hydrogen-bond donors (Lipinski definition) is 1. The van der Waals surface area contributed by atoms with Gasteiger partial charge in [-0.25, -0.2) is 9.98 Å². The summed E-state index contributed by atoms with van der Waals surface area (Å²) < 4.78 is 0. The van der Waals surface area contributed by atoms with Gasteiger partial charge in [0.2, 0.25) is 5.11 Å². The Morgan fingerprint density at radius 2 is 2.25 bits per heavy atom. The summed E-state index contributed by atoms with van der Waals surface area (Å²) in [6.07, 6.45) is 1.28. The minimum atomic E-state index is -0.336. The zero-order valence-corrected chi connectivity index (χ0v) is 6.55. The van der Waals surface area contributed by atoms with E-state index < -0.39 is 0 Å². The first-order chi connectivity index (χ1) is 5.27. The van der Waals surface area contributed by atoms with Crippen molar-refractivity contribution in [3.8, 4) is 0 Å². The molecule has 12 heavy (non-hydrogen) atoms. The van der Waals surface area contributed by atoms with Gasteiger partial charge in [0.1, 0.15) is 6.34 Å². The van der Waals surface area contributed by atoms with Gasteiger partial charge in [-0.3, -0.25) is 10.1 Å². The fourth-order valence-corrected chi connectivity index (χ4v) is 0.962. The highest BCUT2D eigenvalue weighted by Gasteiger charge is 2.25. The molecule has 0 bridgehead atoms. The monoisotopic (exact) mass is 184 g/mol. The van der Waals surface area contributed by atoms with Crippen LogP contribution in [0.4, 0.5) is 0 Å². The highest BCUT2D eigenvalue weighted by atomic mass is 32.1. The molecule has 0 aromatic heterocycles. The standard InChI is InChI=1S/C5H2N4OS.H2O/c10-4-2-3(7-1-6-2)8-5(11)9-4;/h1H,(H,9,10,11);1H2. The van der Waals surface area contributed by atoms with Gasteiger partial charge in [0, 0.05) is 0 Å². The Kier molecular flexibility index (Phi) is 2.07. The molecule has 0 saturated carbocycles. The van der Waals surface area contributed by atoms with Crippen LogP contribution in [0, 0.1) is 0 Å². The molecule has 0 spiro atoms. The van der Waals surface area contributed by atoms with Crippen LogP contribution in [-0.4, -0.2) is 34.4 Å². The summed E-state index contributed by atoms with van der Waals surface area (Å²) in [7, 11) is 0. The van der Waals surface area contributed by atoms with Gasteiger partial charge >= 0.3 is 0 Å². The summed E-state index contributed by atoms with van der Waals surface area (Å²) in [4.78, 5) is 22.2. The quantitative estimate of drug-likeness (QED) is 0.461. The van der Waals surface area contributed by atoms with Gasteiger partial charge in [0.05, 0.1) is 0 Å². The van der Waals surface area contributed by atoms with Gasteiger partial charge in [-0.1, -0.05) is 0 Å². The summed E-state index contributed by atoms with van der Waals surface area (Å²) >= 11 is 4.66. The van der Waals surface area contributed by atoms with Crippen molar-refractivity contribution in [2.45, 2.75) is 0 Å². The van der Waals surface area contributed by atoms with E-state index in [1.54, 1.807) is 0 Å². The van der Waals surface area contributed by atoms with Gasteiger partial charge in [-0.2, -0.15) is 4.99 Å². The number of thiocarbonyl (C=S) groups is 1. The molecule has 0 aromatic rings. The van der Waals surface area contributed by atoms with Gasteiger partial charge in [0.25, 0.3) is 5.91 Å². The third-order valence-electron chi connectivity index (χ3n) is 1.22. The Bertz CT molecular complexity index is 343. The van der Waals surface area contributed by atoms with Crippen LogP contribution in [-0.2, 0) is 4.79 Å². The second-order valence-electron chi connectivity index (χ2n) is 1.92. The first kappa shape index (κ1) is 8.62. The van der Waals surface area contributed by atoms with Crippen molar-refractivity contribution in [2.75, 3.05) is 0 Å². The third-order valence-corrected chi connectivity index (χ3v) is 1.41. The zero-order valence-electron chi connectivity index (χ0n) is 5.74. The molecule has 0 radical (unpaired) electrons. The number of nitrogens with one attached hydrogen (secondary N) is 1. The fourth-order valence-electron chi connectivity index (χ4n) is 0.783. The second kappa shape index (κ2) is 2.88. The summed E-state index contributed by atoms with van der Waals surface area (Å²) in [6.45, 7) is 0. The highest BCUT2D eigenvalue weighted by molar-refractivity contribution is 7.80. The largest absolute Gasteiger partial charge is 0.412 e. The first-order valence-electron chi connectivity index (χ1n) is 2.82. The number of carbonyl (C=O) groups excluding carboxylic acids is 1. The average Bonchev–Trinajstić information content (AvgIpc) is 2.34. The minimum absolute atomic E-state index is 0. The van der Waals surface area contributed by atoms with Gasteiger partial charge < -0.3 is 5.48 Å². The Hall–Kier alpha value is -1.47. The van der Waals surface area contributed by atoms with E-state index in [2.05, 4.69) is 32.5 Å². The van der Waals surface area contributed by atoms with Crippen molar-refractivity contribution >= 4 is 41.1 Å². The summed E-state index contributed by atoms with van der Waals surface area (Å²) in [6, 6.07) is 0. The second-order valence-corrected chi connectivity index (χ2v) is 2.30. The minimum Gasteiger partial charge on any atom is -0.412 e. The van der Waals surface area contributed by atoms with E-state index in [1.807, 2.05) is 0 Å². The molecule has 0 saturated heterocycles. The van der Waals surface area contributed by atoms with Gasteiger partial charge in [-0.15, -0.1) is 0 Å². The van der Waals surface area contributed by atoms with Gasteiger partial charge in [0.15, 0.2) is 11.5 Å². The molecule has 2 aliphatic heterocycles. The Balaban J connectivity index is 0.000000720. The smallest absolute Gasteiger partial charge is 0.280 e. The number of aliphatic imine (C=N–C) groups is 3. The molecule has 0 atom stereocenters. The van der Waals surface area contributed by atoms with Crippen molar-refractivity contribution in [3.05, 3.63) is 0 Å². The molecule has 2 heterocycles.